The van der Waals surface area contributed by atoms with Crippen molar-refractivity contribution in [3.05, 3.63) is 89.5 Å². The third-order valence-corrected chi connectivity index (χ3v) is 5.35. The van der Waals surface area contributed by atoms with Crippen molar-refractivity contribution >= 4 is 12.1 Å². The summed E-state index contributed by atoms with van der Waals surface area (Å²) in [5.41, 5.74) is 4.82. The zero-order valence-electron chi connectivity index (χ0n) is 16.1. The van der Waals surface area contributed by atoms with Crippen LogP contribution in [0, 0.1) is 0 Å². The van der Waals surface area contributed by atoms with E-state index in [0.29, 0.717) is 5.56 Å². The first kappa shape index (κ1) is 19.5. The molecule has 1 atom stereocenters. The predicted molar refractivity (Wildman–Crippen MR) is 111 cm³/mol. The lowest BCUT2D eigenvalue weighted by Gasteiger charge is -2.18. The summed E-state index contributed by atoms with van der Waals surface area (Å²) >= 11 is 0. The minimum atomic E-state index is -1.21. The van der Waals surface area contributed by atoms with Gasteiger partial charge in [0, 0.05) is 12.3 Å². The first-order valence-corrected chi connectivity index (χ1v) is 9.66. The maximum absolute atomic E-state index is 12.4. The normalized spacial score (nSPS) is 13.2. The first-order valence-electron chi connectivity index (χ1n) is 9.66. The van der Waals surface area contributed by atoms with Crippen LogP contribution in [-0.2, 0) is 16.0 Å². The molecule has 0 aromatic heterocycles. The molecule has 6 heteroatoms. The van der Waals surface area contributed by atoms with E-state index in [1.807, 2.05) is 48.5 Å². The summed E-state index contributed by atoms with van der Waals surface area (Å²) in [4.78, 5) is 23.9. The summed E-state index contributed by atoms with van der Waals surface area (Å²) in [5, 5.41) is 21.7. The first-order chi connectivity index (χ1) is 14.5. The number of phenolic OH excluding ortho intramolecular Hbond substituents is 1. The molecule has 3 aromatic carbocycles. The van der Waals surface area contributed by atoms with Gasteiger partial charge in [-0.2, -0.15) is 0 Å². The number of para-hydroxylation sites is 1. The summed E-state index contributed by atoms with van der Waals surface area (Å²) < 4.78 is 5.41. The number of phenols is 1. The Hall–Kier alpha value is -3.80. The number of carbonyl (C=O) groups excluding carboxylic acids is 1. The van der Waals surface area contributed by atoms with Crippen molar-refractivity contribution in [3.8, 4) is 16.9 Å². The van der Waals surface area contributed by atoms with E-state index in [-0.39, 0.29) is 24.7 Å². The number of nitrogens with one attached hydrogen (secondary N) is 1. The third-order valence-electron chi connectivity index (χ3n) is 5.35. The van der Waals surface area contributed by atoms with Crippen molar-refractivity contribution in [1.82, 2.24) is 5.32 Å². The van der Waals surface area contributed by atoms with Crippen molar-refractivity contribution in [1.29, 1.82) is 0 Å². The van der Waals surface area contributed by atoms with Gasteiger partial charge in [-0.1, -0.05) is 66.7 Å². The number of benzene rings is 3. The Kier molecular flexibility index (Phi) is 5.39. The Morgan fingerprint density at radius 2 is 1.47 bits per heavy atom. The zero-order chi connectivity index (χ0) is 21.1. The minimum Gasteiger partial charge on any atom is -0.508 e. The summed E-state index contributed by atoms with van der Waals surface area (Å²) in [6.07, 6.45) is -0.855. The van der Waals surface area contributed by atoms with Crippen LogP contribution in [0.25, 0.3) is 11.1 Å². The highest BCUT2D eigenvalue weighted by Crippen LogP contribution is 2.44. The van der Waals surface area contributed by atoms with Crippen molar-refractivity contribution < 1.29 is 24.5 Å². The van der Waals surface area contributed by atoms with Crippen LogP contribution in [0.2, 0.25) is 0 Å². The van der Waals surface area contributed by atoms with Crippen LogP contribution in [0.4, 0.5) is 4.79 Å². The molecular weight excluding hydrogens is 382 g/mol. The van der Waals surface area contributed by atoms with E-state index in [4.69, 9.17) is 4.74 Å². The highest BCUT2D eigenvalue weighted by molar-refractivity contribution is 5.81. The Morgan fingerprint density at radius 1 is 0.900 bits per heavy atom. The largest absolute Gasteiger partial charge is 0.508 e. The van der Waals surface area contributed by atoms with Gasteiger partial charge in [0.1, 0.15) is 18.4 Å². The van der Waals surface area contributed by atoms with Crippen molar-refractivity contribution in [2.24, 2.45) is 0 Å². The molecular formula is C24H21NO5. The van der Waals surface area contributed by atoms with Gasteiger partial charge in [0.25, 0.3) is 0 Å². The molecule has 0 saturated heterocycles. The van der Waals surface area contributed by atoms with Crippen LogP contribution in [0.5, 0.6) is 5.75 Å². The molecule has 4 rings (SSSR count). The molecule has 0 bridgehead atoms. The maximum atomic E-state index is 12.4. The fourth-order valence-electron chi connectivity index (χ4n) is 3.89. The fourth-order valence-corrected chi connectivity index (χ4v) is 3.89. The Bertz CT molecular complexity index is 1050. The highest BCUT2D eigenvalue weighted by Gasteiger charge is 2.29. The second-order valence-corrected chi connectivity index (χ2v) is 7.19. The zero-order valence-corrected chi connectivity index (χ0v) is 16.1. The molecule has 0 saturated carbocycles. The van der Waals surface area contributed by atoms with Crippen LogP contribution in [0.3, 0.4) is 0 Å². The smallest absolute Gasteiger partial charge is 0.407 e. The number of carboxylic acid groups (broad SMARTS) is 1. The number of carboxylic acids is 1. The number of alkyl carbamates (subject to hydrolysis) is 1. The summed E-state index contributed by atoms with van der Waals surface area (Å²) in [7, 11) is 0. The lowest BCUT2D eigenvalue weighted by Crippen LogP contribution is -2.42. The van der Waals surface area contributed by atoms with Gasteiger partial charge in [0.05, 0.1) is 0 Å². The fraction of sp³-hybridized carbons (Fsp3) is 0.167. The molecule has 0 unspecified atom stereocenters. The molecule has 0 fully saturated rings. The van der Waals surface area contributed by atoms with Gasteiger partial charge in [-0.25, -0.2) is 9.59 Å². The number of aromatic hydroxyl groups is 1. The molecule has 3 N–H and O–H groups in total. The lowest BCUT2D eigenvalue weighted by molar-refractivity contribution is -0.139. The number of rotatable bonds is 6. The molecule has 1 aliphatic carbocycles. The van der Waals surface area contributed by atoms with E-state index in [2.05, 4.69) is 5.32 Å². The topological polar surface area (TPSA) is 95.9 Å². The quantitative estimate of drug-likeness (QED) is 0.580. The molecule has 1 amide bonds. The lowest BCUT2D eigenvalue weighted by atomic mass is 9.98. The van der Waals surface area contributed by atoms with Gasteiger partial charge >= 0.3 is 12.1 Å². The standard InChI is InChI=1S/C24H21NO5/c26-22-12-6-1-7-15(22)13-21(23(27)28)25-24(29)30-14-20-18-10-4-2-8-16(18)17-9-3-5-11-19(17)20/h1-12,20-21,26H,13-14H2,(H,25,29)(H,27,28)/t21-/m0/s1. The number of hydrogen-bond acceptors (Lipinski definition) is 4. The molecule has 3 aromatic rings. The monoisotopic (exact) mass is 403 g/mol. The molecule has 152 valence electrons. The van der Waals surface area contributed by atoms with E-state index >= 15 is 0 Å². The SMILES string of the molecule is O=C(N[C@@H](Cc1ccccc1O)C(=O)O)OCC1c2ccccc2-c2ccccc21. The second-order valence-electron chi connectivity index (χ2n) is 7.19. The summed E-state index contributed by atoms with van der Waals surface area (Å²) in [6.45, 7) is 0.1000. The number of amides is 1. The number of fused-ring (bicyclic) bond motifs is 3. The Morgan fingerprint density at radius 3 is 2.07 bits per heavy atom. The molecule has 0 aliphatic heterocycles. The summed E-state index contributed by atoms with van der Waals surface area (Å²) in [6, 6.07) is 21.2. The number of ether oxygens (including phenoxy) is 1. The number of aliphatic carboxylic acids is 1. The number of carbonyl (C=O) groups is 2. The third kappa shape index (κ3) is 3.85. The van der Waals surface area contributed by atoms with E-state index in [1.165, 1.54) is 6.07 Å². The van der Waals surface area contributed by atoms with E-state index in [1.54, 1.807) is 18.2 Å². The highest BCUT2D eigenvalue weighted by atomic mass is 16.5. The average Bonchev–Trinajstić information content (AvgIpc) is 3.07. The van der Waals surface area contributed by atoms with Crippen molar-refractivity contribution in [2.45, 2.75) is 18.4 Å². The molecule has 1 aliphatic rings. The Balaban J connectivity index is 1.44. The second kappa shape index (κ2) is 8.29. The van der Waals surface area contributed by atoms with Crippen LogP contribution < -0.4 is 5.32 Å². The van der Waals surface area contributed by atoms with Gasteiger partial charge in [-0.05, 0) is 33.9 Å². The Labute approximate surface area is 173 Å². The van der Waals surface area contributed by atoms with Crippen LogP contribution >= 0.6 is 0 Å². The minimum absolute atomic E-state index is 0.0157. The predicted octanol–water partition coefficient (Wildman–Crippen LogP) is 3.93. The van der Waals surface area contributed by atoms with Crippen LogP contribution in [0.1, 0.15) is 22.6 Å². The van der Waals surface area contributed by atoms with E-state index in [9.17, 15) is 19.8 Å². The van der Waals surface area contributed by atoms with Crippen LogP contribution in [-0.4, -0.2) is 34.9 Å². The van der Waals surface area contributed by atoms with Gasteiger partial charge < -0.3 is 20.3 Å². The average molecular weight is 403 g/mol. The van der Waals surface area contributed by atoms with E-state index < -0.39 is 18.1 Å². The molecule has 0 heterocycles. The molecule has 6 nitrogen and oxygen atoms in total. The number of hydrogen-bond donors (Lipinski definition) is 3. The van der Waals surface area contributed by atoms with Crippen molar-refractivity contribution in [3.63, 3.8) is 0 Å². The maximum Gasteiger partial charge on any atom is 0.407 e. The van der Waals surface area contributed by atoms with Crippen molar-refractivity contribution in [2.75, 3.05) is 6.61 Å². The molecule has 30 heavy (non-hydrogen) atoms. The molecule has 0 spiro atoms. The van der Waals surface area contributed by atoms with Gasteiger partial charge in [0.2, 0.25) is 0 Å². The van der Waals surface area contributed by atoms with Gasteiger partial charge in [-0.3, -0.25) is 0 Å². The van der Waals surface area contributed by atoms with E-state index in [0.717, 1.165) is 22.3 Å². The van der Waals surface area contributed by atoms with Gasteiger partial charge in [-0.15, -0.1) is 0 Å². The van der Waals surface area contributed by atoms with Crippen LogP contribution in [0.15, 0.2) is 72.8 Å². The molecule has 0 radical (unpaired) electrons. The summed E-state index contributed by atoms with van der Waals surface area (Å²) in [5.74, 6) is -1.32. The van der Waals surface area contributed by atoms with Gasteiger partial charge in [0.15, 0.2) is 0 Å².